The lowest BCUT2D eigenvalue weighted by Crippen LogP contribution is -2.42. The molecule has 29 heavy (non-hydrogen) atoms. The van der Waals surface area contributed by atoms with Crippen LogP contribution >= 0.6 is 0 Å². The number of aryl methyl sites for hydroxylation is 2. The Bertz CT molecular complexity index is 1010. The quantitative estimate of drug-likeness (QED) is 0.629. The van der Waals surface area contributed by atoms with Crippen molar-refractivity contribution in [3.63, 3.8) is 0 Å². The number of ketones is 1. The van der Waals surface area contributed by atoms with Gasteiger partial charge < -0.3 is 4.74 Å². The van der Waals surface area contributed by atoms with E-state index in [-0.39, 0.29) is 17.1 Å². The second kappa shape index (κ2) is 9.05. The summed E-state index contributed by atoms with van der Waals surface area (Å²) in [5.74, 6) is -0.427. The number of hydrogen-bond donors (Lipinski definition) is 0. The van der Waals surface area contributed by atoms with Crippen LogP contribution in [-0.2, 0) is 19.6 Å². The summed E-state index contributed by atoms with van der Waals surface area (Å²) >= 11 is 0. The van der Waals surface area contributed by atoms with Crippen LogP contribution in [0, 0.1) is 13.8 Å². The molecule has 0 spiro atoms. The SMILES string of the molecule is C=C(C(C)=O)[C@H](c1ccc(C)cc1)N(C(=O)OCC)S(=O)(=O)c1ccc(C)cc1. The third-order valence-corrected chi connectivity index (χ3v) is 6.18. The van der Waals surface area contributed by atoms with Gasteiger partial charge in [0.2, 0.25) is 0 Å². The van der Waals surface area contributed by atoms with Gasteiger partial charge in [0.25, 0.3) is 10.0 Å². The summed E-state index contributed by atoms with van der Waals surface area (Å²) in [5.41, 5.74) is 2.23. The average Bonchev–Trinajstić information content (AvgIpc) is 2.66. The normalized spacial score (nSPS) is 12.1. The van der Waals surface area contributed by atoms with Gasteiger partial charge in [-0.25, -0.2) is 13.2 Å². The standard InChI is InChI=1S/C22H25NO5S/c1-6-28-22(25)23(29(26,27)20-13-9-16(3)10-14-20)21(17(4)18(5)24)19-11-7-15(2)8-12-19/h7-14,21H,4,6H2,1-3,5H3/t21-/m1/s1. The lowest BCUT2D eigenvalue weighted by Gasteiger charge is -2.31. The molecule has 0 unspecified atom stereocenters. The van der Waals surface area contributed by atoms with Gasteiger partial charge in [0.05, 0.1) is 11.5 Å². The highest BCUT2D eigenvalue weighted by molar-refractivity contribution is 7.89. The van der Waals surface area contributed by atoms with Gasteiger partial charge in [-0.3, -0.25) is 4.79 Å². The summed E-state index contributed by atoms with van der Waals surface area (Å²) in [4.78, 5) is 24.9. The first kappa shape index (κ1) is 22.4. The number of sulfonamides is 1. The van der Waals surface area contributed by atoms with Crippen molar-refractivity contribution in [1.29, 1.82) is 0 Å². The minimum Gasteiger partial charge on any atom is -0.449 e. The fourth-order valence-electron chi connectivity index (χ4n) is 2.77. The predicted octanol–water partition coefficient (Wildman–Crippen LogP) is 4.34. The maximum atomic E-state index is 13.4. The van der Waals surface area contributed by atoms with E-state index in [1.807, 2.05) is 13.8 Å². The van der Waals surface area contributed by atoms with E-state index in [1.165, 1.54) is 19.1 Å². The molecule has 0 fully saturated rings. The van der Waals surface area contributed by atoms with Gasteiger partial charge >= 0.3 is 6.09 Å². The first-order valence-corrected chi connectivity index (χ1v) is 10.6. The molecule has 0 bridgehead atoms. The Labute approximate surface area is 171 Å². The second-order valence-corrected chi connectivity index (χ2v) is 8.52. The number of Topliss-reactive ketones (excluding diaryl/α,β-unsaturated/α-hetero) is 1. The smallest absolute Gasteiger partial charge is 0.424 e. The molecule has 1 atom stereocenters. The van der Waals surface area contributed by atoms with Gasteiger partial charge in [-0.2, -0.15) is 4.31 Å². The van der Waals surface area contributed by atoms with E-state index < -0.39 is 27.9 Å². The van der Waals surface area contributed by atoms with Gasteiger partial charge in [0.15, 0.2) is 5.78 Å². The Morgan fingerprint density at radius 2 is 1.48 bits per heavy atom. The average molecular weight is 416 g/mol. The van der Waals surface area contributed by atoms with E-state index in [1.54, 1.807) is 43.3 Å². The molecule has 0 heterocycles. The minimum absolute atomic E-state index is 0.0219. The number of hydrogen-bond acceptors (Lipinski definition) is 5. The number of rotatable bonds is 7. The molecule has 6 nitrogen and oxygen atoms in total. The number of ether oxygens (including phenoxy) is 1. The molecule has 0 saturated heterocycles. The van der Waals surface area contributed by atoms with Crippen LogP contribution in [0.5, 0.6) is 0 Å². The fraction of sp³-hybridized carbons (Fsp3) is 0.273. The van der Waals surface area contributed by atoms with Crippen LogP contribution in [0.25, 0.3) is 0 Å². The first-order chi connectivity index (χ1) is 13.6. The van der Waals surface area contributed by atoms with E-state index in [0.29, 0.717) is 9.87 Å². The molecule has 0 N–H and O–H groups in total. The molecule has 1 amide bonds. The zero-order chi connectivity index (χ0) is 21.8. The second-order valence-electron chi connectivity index (χ2n) is 6.71. The van der Waals surface area contributed by atoms with Crippen molar-refractivity contribution in [1.82, 2.24) is 4.31 Å². The number of nitrogens with zero attached hydrogens (tertiary/aromatic N) is 1. The fourth-order valence-corrected chi connectivity index (χ4v) is 4.26. The lowest BCUT2D eigenvalue weighted by atomic mass is 9.96. The molecule has 0 aliphatic carbocycles. The van der Waals surface area contributed by atoms with Crippen molar-refractivity contribution in [3.8, 4) is 0 Å². The Balaban J connectivity index is 2.72. The number of carbonyl (C=O) groups excluding carboxylic acids is 2. The van der Waals surface area contributed by atoms with Crippen molar-refractivity contribution in [2.45, 2.75) is 38.6 Å². The lowest BCUT2D eigenvalue weighted by molar-refractivity contribution is -0.114. The topological polar surface area (TPSA) is 80.8 Å². The number of carbonyl (C=O) groups is 2. The van der Waals surface area contributed by atoms with Gasteiger partial charge in [-0.1, -0.05) is 54.1 Å². The molecular formula is C22H25NO5S. The third kappa shape index (κ3) is 4.92. The molecule has 0 saturated carbocycles. The summed E-state index contributed by atoms with van der Waals surface area (Å²) in [6, 6.07) is 11.8. The Morgan fingerprint density at radius 3 is 1.93 bits per heavy atom. The Hall–Kier alpha value is -2.93. The monoisotopic (exact) mass is 415 g/mol. The Morgan fingerprint density at radius 1 is 1.00 bits per heavy atom. The minimum atomic E-state index is -4.33. The summed E-state index contributed by atoms with van der Waals surface area (Å²) in [6.45, 7) is 10.3. The molecule has 7 heteroatoms. The zero-order valence-corrected chi connectivity index (χ0v) is 17.8. The van der Waals surface area contributed by atoms with Crippen LogP contribution in [0.1, 0.15) is 36.6 Å². The maximum Gasteiger partial charge on any atom is 0.424 e. The highest BCUT2D eigenvalue weighted by atomic mass is 32.2. The van der Waals surface area contributed by atoms with E-state index in [2.05, 4.69) is 6.58 Å². The van der Waals surface area contributed by atoms with Gasteiger partial charge in [-0.05, 0) is 45.4 Å². The maximum absolute atomic E-state index is 13.4. The third-order valence-electron chi connectivity index (χ3n) is 4.44. The van der Waals surface area contributed by atoms with Gasteiger partial charge in [0, 0.05) is 5.57 Å². The summed E-state index contributed by atoms with van der Waals surface area (Å²) in [5, 5.41) is 0. The molecule has 0 aromatic heterocycles. The van der Waals surface area contributed by atoms with E-state index in [0.717, 1.165) is 11.1 Å². The van der Waals surface area contributed by atoms with E-state index >= 15 is 0 Å². The summed E-state index contributed by atoms with van der Waals surface area (Å²) < 4.78 is 32.5. The largest absolute Gasteiger partial charge is 0.449 e. The summed E-state index contributed by atoms with van der Waals surface area (Å²) in [7, 11) is -4.33. The van der Waals surface area contributed by atoms with Crippen molar-refractivity contribution in [2.24, 2.45) is 0 Å². The molecule has 0 aliphatic heterocycles. The molecule has 0 aliphatic rings. The van der Waals surface area contributed by atoms with Crippen molar-refractivity contribution in [2.75, 3.05) is 6.61 Å². The van der Waals surface area contributed by atoms with Crippen LogP contribution in [0.2, 0.25) is 0 Å². The van der Waals surface area contributed by atoms with Crippen molar-refractivity contribution < 1.29 is 22.7 Å². The zero-order valence-electron chi connectivity index (χ0n) is 17.0. The first-order valence-electron chi connectivity index (χ1n) is 9.13. The van der Waals surface area contributed by atoms with Crippen LogP contribution in [-0.4, -0.2) is 31.2 Å². The molecule has 0 radical (unpaired) electrons. The summed E-state index contributed by atoms with van der Waals surface area (Å²) in [6.07, 6.45) is -1.07. The molecule has 2 aromatic carbocycles. The van der Waals surface area contributed by atoms with Crippen LogP contribution in [0.4, 0.5) is 4.79 Å². The number of amides is 1. The van der Waals surface area contributed by atoms with Crippen LogP contribution in [0.15, 0.2) is 65.6 Å². The predicted molar refractivity (Wildman–Crippen MR) is 111 cm³/mol. The van der Waals surface area contributed by atoms with Crippen LogP contribution < -0.4 is 0 Å². The van der Waals surface area contributed by atoms with Gasteiger partial charge in [0.1, 0.15) is 6.04 Å². The molecule has 154 valence electrons. The molecular weight excluding hydrogens is 390 g/mol. The Kier molecular flexibility index (Phi) is 6.97. The van der Waals surface area contributed by atoms with Crippen molar-refractivity contribution in [3.05, 3.63) is 77.4 Å². The molecule has 2 rings (SSSR count). The molecule has 2 aromatic rings. The van der Waals surface area contributed by atoms with E-state index in [9.17, 15) is 18.0 Å². The highest BCUT2D eigenvalue weighted by Gasteiger charge is 2.40. The van der Waals surface area contributed by atoms with Crippen LogP contribution in [0.3, 0.4) is 0 Å². The highest BCUT2D eigenvalue weighted by Crippen LogP contribution is 2.34. The number of benzene rings is 2. The van der Waals surface area contributed by atoms with E-state index in [4.69, 9.17) is 4.74 Å². The van der Waals surface area contributed by atoms with Crippen molar-refractivity contribution >= 4 is 21.9 Å². The van der Waals surface area contributed by atoms with Gasteiger partial charge in [-0.15, -0.1) is 0 Å².